The molecule has 0 aromatic heterocycles. The summed E-state index contributed by atoms with van der Waals surface area (Å²) in [5.41, 5.74) is 0. The van der Waals surface area contributed by atoms with E-state index in [1.165, 1.54) is 0 Å². The molecule has 148 valence electrons. The number of hydrogen-bond acceptors (Lipinski definition) is 4. The quantitative estimate of drug-likeness (QED) is 0.338. The van der Waals surface area contributed by atoms with E-state index in [1.807, 2.05) is 0 Å². The van der Waals surface area contributed by atoms with Crippen LogP contribution in [0.4, 0.5) is 43.9 Å². The standard InChI is InChI=1S/C11H10F10O4/c1-3-6(22)23-4-5(2)24-8(13,14)7(12)25-11(20,21)9(15,16)10(17,18)19/h3,5,7H,1,4H2,2H3. The van der Waals surface area contributed by atoms with Crippen molar-refractivity contribution in [2.75, 3.05) is 6.61 Å². The minimum absolute atomic E-state index is 0.603. The van der Waals surface area contributed by atoms with Gasteiger partial charge in [-0.25, -0.2) is 9.18 Å². The number of rotatable bonds is 9. The molecule has 0 fully saturated rings. The van der Waals surface area contributed by atoms with Crippen LogP contribution in [0.5, 0.6) is 0 Å². The Bertz CT molecular complexity index is 476. The van der Waals surface area contributed by atoms with Gasteiger partial charge in [-0.15, -0.1) is 0 Å². The van der Waals surface area contributed by atoms with Crippen LogP contribution in [-0.4, -0.2) is 49.4 Å². The van der Waals surface area contributed by atoms with Gasteiger partial charge >= 0.3 is 30.3 Å². The second-order valence-corrected chi connectivity index (χ2v) is 4.35. The lowest BCUT2D eigenvalue weighted by atomic mass is 10.3. The van der Waals surface area contributed by atoms with Gasteiger partial charge in [0.25, 0.3) is 6.36 Å². The molecule has 0 spiro atoms. The van der Waals surface area contributed by atoms with E-state index in [1.54, 1.807) is 0 Å². The summed E-state index contributed by atoms with van der Waals surface area (Å²) in [6, 6.07) is 0. The minimum Gasteiger partial charge on any atom is -0.460 e. The third kappa shape index (κ3) is 6.02. The molecule has 0 aliphatic heterocycles. The van der Waals surface area contributed by atoms with Gasteiger partial charge < -0.3 is 9.47 Å². The van der Waals surface area contributed by atoms with Crippen LogP contribution < -0.4 is 0 Å². The predicted molar refractivity (Wildman–Crippen MR) is 58.6 cm³/mol. The number of carbonyl (C=O) groups is 1. The number of carbonyl (C=O) groups excluding carboxylic acids is 1. The highest BCUT2D eigenvalue weighted by Gasteiger charge is 2.76. The molecule has 0 rings (SSSR count). The lowest BCUT2D eigenvalue weighted by Gasteiger charge is -2.31. The van der Waals surface area contributed by atoms with Crippen molar-refractivity contribution in [2.24, 2.45) is 0 Å². The number of halogens is 10. The van der Waals surface area contributed by atoms with Gasteiger partial charge in [-0.3, -0.25) is 4.74 Å². The molecule has 2 atom stereocenters. The number of alkyl halides is 10. The van der Waals surface area contributed by atoms with Crippen molar-refractivity contribution in [3.8, 4) is 0 Å². The van der Waals surface area contributed by atoms with E-state index in [9.17, 15) is 48.7 Å². The van der Waals surface area contributed by atoms with Crippen LogP contribution in [0.3, 0.4) is 0 Å². The first kappa shape index (κ1) is 23.4. The van der Waals surface area contributed by atoms with Crippen LogP contribution in [-0.2, 0) is 19.0 Å². The smallest absolute Gasteiger partial charge is 0.460 e. The van der Waals surface area contributed by atoms with Gasteiger partial charge in [0.1, 0.15) is 6.61 Å². The molecule has 14 heteroatoms. The first-order valence-corrected chi connectivity index (χ1v) is 5.97. The Balaban J connectivity index is 4.99. The monoisotopic (exact) mass is 396 g/mol. The van der Waals surface area contributed by atoms with Gasteiger partial charge in [0.2, 0.25) is 0 Å². The van der Waals surface area contributed by atoms with E-state index in [4.69, 9.17) is 0 Å². The molecule has 0 aromatic rings. The molecular weight excluding hydrogens is 386 g/mol. The zero-order valence-electron chi connectivity index (χ0n) is 12.1. The summed E-state index contributed by atoms with van der Waals surface area (Å²) in [5, 5.41) is 0. The molecule has 0 aromatic carbocycles. The summed E-state index contributed by atoms with van der Waals surface area (Å²) in [6.45, 7) is 2.69. The van der Waals surface area contributed by atoms with Crippen molar-refractivity contribution in [3.05, 3.63) is 12.7 Å². The molecule has 0 aliphatic carbocycles. The van der Waals surface area contributed by atoms with Crippen LogP contribution in [0.25, 0.3) is 0 Å². The van der Waals surface area contributed by atoms with Gasteiger partial charge in [0, 0.05) is 6.08 Å². The average Bonchev–Trinajstić information content (AvgIpc) is 2.42. The largest absolute Gasteiger partial charge is 0.462 e. The molecule has 0 amide bonds. The number of hydrogen-bond donors (Lipinski definition) is 0. The van der Waals surface area contributed by atoms with E-state index < -0.39 is 49.4 Å². The average molecular weight is 396 g/mol. The fourth-order valence-electron chi connectivity index (χ4n) is 1.05. The maximum atomic E-state index is 13.1. The molecule has 0 radical (unpaired) electrons. The fourth-order valence-corrected chi connectivity index (χ4v) is 1.05. The molecule has 0 saturated carbocycles. The summed E-state index contributed by atoms with van der Waals surface area (Å²) in [6.07, 6.45) is -24.9. The van der Waals surface area contributed by atoms with Crippen LogP contribution in [0.15, 0.2) is 12.7 Å². The normalized spacial score (nSPS) is 16.3. The lowest BCUT2D eigenvalue weighted by molar-refractivity contribution is -0.467. The van der Waals surface area contributed by atoms with Crippen LogP contribution in [0, 0.1) is 0 Å². The van der Waals surface area contributed by atoms with Crippen molar-refractivity contribution < 1.29 is 62.9 Å². The molecular formula is C11H10F10O4. The van der Waals surface area contributed by atoms with Crippen LogP contribution in [0.2, 0.25) is 0 Å². The maximum Gasteiger partial charge on any atom is 0.462 e. The summed E-state index contributed by atoms with van der Waals surface area (Å²) in [7, 11) is 0. The first-order chi connectivity index (χ1) is 11.0. The first-order valence-electron chi connectivity index (χ1n) is 5.97. The Kier molecular flexibility index (Phi) is 7.27. The molecule has 0 saturated heterocycles. The van der Waals surface area contributed by atoms with Crippen molar-refractivity contribution in [3.63, 3.8) is 0 Å². The van der Waals surface area contributed by atoms with Gasteiger partial charge in [-0.2, -0.15) is 39.5 Å². The molecule has 0 bridgehead atoms. The minimum atomic E-state index is -6.95. The number of ether oxygens (including phenoxy) is 3. The van der Waals surface area contributed by atoms with Gasteiger partial charge in [0.15, 0.2) is 0 Å². The van der Waals surface area contributed by atoms with Crippen molar-refractivity contribution in [2.45, 2.75) is 43.7 Å². The molecule has 25 heavy (non-hydrogen) atoms. The summed E-state index contributed by atoms with van der Waals surface area (Å²) >= 11 is 0. The molecule has 2 unspecified atom stereocenters. The maximum absolute atomic E-state index is 13.1. The molecule has 0 aliphatic rings. The highest BCUT2D eigenvalue weighted by molar-refractivity contribution is 5.81. The van der Waals surface area contributed by atoms with Gasteiger partial charge in [0.05, 0.1) is 6.10 Å². The van der Waals surface area contributed by atoms with Crippen molar-refractivity contribution >= 4 is 5.97 Å². The van der Waals surface area contributed by atoms with E-state index in [-0.39, 0.29) is 0 Å². The van der Waals surface area contributed by atoms with Crippen molar-refractivity contribution in [1.82, 2.24) is 0 Å². The Labute approximate surface area is 133 Å². The second-order valence-electron chi connectivity index (χ2n) is 4.35. The topological polar surface area (TPSA) is 44.8 Å². The van der Waals surface area contributed by atoms with Crippen LogP contribution >= 0.6 is 0 Å². The highest BCUT2D eigenvalue weighted by atomic mass is 19.4. The molecule has 4 nitrogen and oxygen atoms in total. The Morgan fingerprint density at radius 1 is 1.04 bits per heavy atom. The third-order valence-electron chi connectivity index (χ3n) is 2.22. The molecule has 0 heterocycles. The number of esters is 1. The summed E-state index contributed by atoms with van der Waals surface area (Å²) in [5.74, 6) is -8.07. The van der Waals surface area contributed by atoms with E-state index in [0.29, 0.717) is 6.08 Å². The second kappa shape index (κ2) is 7.76. The van der Waals surface area contributed by atoms with Crippen molar-refractivity contribution in [1.29, 1.82) is 0 Å². The SMILES string of the molecule is C=CC(=O)OCC(C)OC(F)(F)C(F)OC(F)(F)C(F)(F)C(F)(F)F. The van der Waals surface area contributed by atoms with Gasteiger partial charge in [-0.1, -0.05) is 6.58 Å². The van der Waals surface area contributed by atoms with Crippen LogP contribution in [0.1, 0.15) is 6.92 Å². The molecule has 0 N–H and O–H groups in total. The summed E-state index contributed by atoms with van der Waals surface area (Å²) in [4.78, 5) is 10.6. The predicted octanol–water partition coefficient (Wildman–Crippen LogP) is 3.82. The van der Waals surface area contributed by atoms with E-state index in [2.05, 4.69) is 20.8 Å². The highest BCUT2D eigenvalue weighted by Crippen LogP contribution is 2.48. The van der Waals surface area contributed by atoms with E-state index >= 15 is 0 Å². The summed E-state index contributed by atoms with van der Waals surface area (Å²) < 4.78 is 135. The third-order valence-corrected chi connectivity index (χ3v) is 2.22. The van der Waals surface area contributed by atoms with Gasteiger partial charge in [-0.05, 0) is 6.92 Å². The Hall–Kier alpha value is -1.57. The fraction of sp³-hybridized carbons (Fsp3) is 0.727. The lowest BCUT2D eigenvalue weighted by Crippen LogP contribution is -2.56. The zero-order chi connectivity index (χ0) is 20.3. The zero-order valence-corrected chi connectivity index (χ0v) is 12.1. The Morgan fingerprint density at radius 2 is 1.52 bits per heavy atom. The Morgan fingerprint density at radius 3 is 1.92 bits per heavy atom. The van der Waals surface area contributed by atoms with E-state index in [0.717, 1.165) is 6.92 Å².